The van der Waals surface area contributed by atoms with Crippen molar-refractivity contribution in [3.63, 3.8) is 0 Å². The largest absolute Gasteiger partial charge is 0.472 e. The second kappa shape index (κ2) is 46.6. The van der Waals surface area contributed by atoms with E-state index in [9.17, 15) is 39.8 Å². The molecule has 6 unspecified atom stereocenters. The number of esters is 1. The number of hydrogen-bond donors (Lipinski definition) is 6. The van der Waals surface area contributed by atoms with Gasteiger partial charge in [0.15, 0.2) is 0 Å². The Balaban J connectivity index is 2.28. The molecule has 0 aromatic heterocycles. The van der Waals surface area contributed by atoms with Crippen LogP contribution >= 0.6 is 7.82 Å². The molecule has 1 aliphatic rings. The van der Waals surface area contributed by atoms with Crippen molar-refractivity contribution in [3.8, 4) is 0 Å². The zero-order valence-corrected chi connectivity index (χ0v) is 45.0. The van der Waals surface area contributed by atoms with Crippen molar-refractivity contribution >= 4 is 13.8 Å². The van der Waals surface area contributed by atoms with Crippen LogP contribution in [0.2, 0.25) is 0 Å². The SMILES string of the molecule is CCCCC/C=C\C/C=C\CCCCCCCCCCCCOCC(COP(=O)(O)OC1C(O)C(O)C(O)C(O)C1O)OC(=O)CCCCCCCCCCCCCCCCCCCCCCCC. The summed E-state index contributed by atoms with van der Waals surface area (Å²) in [7, 11) is -5.02. The van der Waals surface area contributed by atoms with E-state index in [1.54, 1.807) is 0 Å². The van der Waals surface area contributed by atoms with Gasteiger partial charge in [0, 0.05) is 13.0 Å². The molecule has 0 bridgehead atoms. The summed E-state index contributed by atoms with van der Waals surface area (Å²) < 4.78 is 34.4. The molecule has 6 atom stereocenters. The van der Waals surface area contributed by atoms with Gasteiger partial charge in [-0.05, 0) is 44.9 Å². The minimum Gasteiger partial charge on any atom is -0.457 e. The van der Waals surface area contributed by atoms with Gasteiger partial charge in [-0.2, -0.15) is 0 Å². The number of allylic oxidation sites excluding steroid dienone is 4. The number of phosphoric ester groups is 1. The fourth-order valence-electron chi connectivity index (χ4n) is 9.04. The number of aliphatic hydroxyl groups excluding tert-OH is 5. The van der Waals surface area contributed by atoms with Crippen LogP contribution in [0.3, 0.4) is 0 Å². The molecule has 6 N–H and O–H groups in total. The van der Waals surface area contributed by atoms with Crippen molar-refractivity contribution < 1.29 is 58.3 Å². The van der Waals surface area contributed by atoms with E-state index in [0.717, 1.165) is 44.9 Å². The second-order valence-corrected chi connectivity index (χ2v) is 21.6. The first-order valence-electron chi connectivity index (χ1n) is 28.7. The molecule has 0 spiro atoms. The lowest BCUT2D eigenvalue weighted by molar-refractivity contribution is -0.220. The van der Waals surface area contributed by atoms with E-state index in [-0.39, 0.29) is 13.0 Å². The Morgan fingerprint density at radius 1 is 0.464 bits per heavy atom. The van der Waals surface area contributed by atoms with Gasteiger partial charge in [-0.3, -0.25) is 13.8 Å². The number of unbranched alkanes of at least 4 members (excludes halogenated alkanes) is 34. The Morgan fingerprint density at radius 3 is 1.25 bits per heavy atom. The number of phosphoric acid groups is 1. The summed E-state index contributed by atoms with van der Waals surface area (Å²) in [6, 6.07) is 0. The molecule has 0 aromatic rings. The number of hydrogen-bond acceptors (Lipinski definition) is 11. The van der Waals surface area contributed by atoms with Crippen LogP contribution in [-0.4, -0.2) is 98.9 Å². The van der Waals surface area contributed by atoms with E-state index in [1.165, 1.54) is 193 Å². The molecule has 1 fully saturated rings. The summed E-state index contributed by atoms with van der Waals surface area (Å²) >= 11 is 0. The van der Waals surface area contributed by atoms with Crippen molar-refractivity contribution in [1.29, 1.82) is 0 Å². The first-order chi connectivity index (χ1) is 33.5. The molecule has 1 aliphatic carbocycles. The van der Waals surface area contributed by atoms with Crippen LogP contribution in [0.15, 0.2) is 24.3 Å². The van der Waals surface area contributed by atoms with Gasteiger partial charge in [-0.15, -0.1) is 0 Å². The molecule has 0 aromatic carbocycles. The smallest absolute Gasteiger partial charge is 0.457 e. The molecule has 1 saturated carbocycles. The molecule has 0 heterocycles. The summed E-state index contributed by atoms with van der Waals surface area (Å²) in [5.41, 5.74) is 0. The molecular formula is C56H107O12P. The third kappa shape index (κ3) is 38.1. The Hall–Kier alpha value is -1.18. The van der Waals surface area contributed by atoms with Crippen LogP contribution in [0.25, 0.3) is 0 Å². The Bertz CT molecular complexity index is 1240. The minimum absolute atomic E-state index is 0.0740. The summed E-state index contributed by atoms with van der Waals surface area (Å²) in [5, 5.41) is 50.4. The predicted molar refractivity (Wildman–Crippen MR) is 281 cm³/mol. The van der Waals surface area contributed by atoms with Gasteiger partial charge in [-0.1, -0.05) is 237 Å². The lowest BCUT2D eigenvalue weighted by atomic mass is 9.85. The van der Waals surface area contributed by atoms with Crippen LogP contribution in [0, 0.1) is 0 Å². The fourth-order valence-corrected chi connectivity index (χ4v) is 10.0. The van der Waals surface area contributed by atoms with Gasteiger partial charge in [-0.25, -0.2) is 4.57 Å². The Morgan fingerprint density at radius 2 is 0.812 bits per heavy atom. The Kier molecular flexibility index (Phi) is 44.5. The van der Waals surface area contributed by atoms with Crippen LogP contribution in [0.4, 0.5) is 0 Å². The number of ether oxygens (including phenoxy) is 2. The maximum atomic E-state index is 12.9. The number of carbonyl (C=O) groups excluding carboxylic acids is 1. The molecule has 13 heteroatoms. The first-order valence-corrected chi connectivity index (χ1v) is 30.2. The zero-order valence-electron chi connectivity index (χ0n) is 44.1. The van der Waals surface area contributed by atoms with Gasteiger partial charge in [0.05, 0.1) is 13.2 Å². The molecular weight excluding hydrogens is 896 g/mol. The van der Waals surface area contributed by atoms with Gasteiger partial charge in [0.25, 0.3) is 0 Å². The topological polar surface area (TPSA) is 192 Å². The lowest BCUT2D eigenvalue weighted by Gasteiger charge is -2.41. The standard InChI is InChI=1S/C56H107O12P/c1-3-5-7-9-11-13-15-17-19-21-23-25-26-27-29-31-33-35-37-39-41-43-45-50(57)67-49(48-66-69(63,64)68-56-54(61)52(59)51(58)53(60)55(56)62)47-65-46-44-42-40-38-36-34-32-30-28-24-22-20-18-16-14-12-10-8-6-4-2/h12,14,18,20,49,51-56,58-62H,3-11,13,15-17,19,21-48H2,1-2H3,(H,63,64)/b14-12-,20-18-. The Labute approximate surface area is 421 Å². The van der Waals surface area contributed by atoms with E-state index < -0.39 is 63.1 Å². The normalized spacial score (nSPS) is 21.1. The number of carbonyl (C=O) groups is 1. The van der Waals surface area contributed by atoms with E-state index >= 15 is 0 Å². The predicted octanol–water partition coefficient (Wildman–Crippen LogP) is 13.6. The van der Waals surface area contributed by atoms with Gasteiger partial charge in [0.1, 0.15) is 42.7 Å². The molecule has 69 heavy (non-hydrogen) atoms. The highest BCUT2D eigenvalue weighted by Gasteiger charge is 2.51. The maximum Gasteiger partial charge on any atom is 0.472 e. The summed E-state index contributed by atoms with van der Waals surface area (Å²) in [4.78, 5) is 23.3. The highest BCUT2D eigenvalue weighted by molar-refractivity contribution is 7.47. The second-order valence-electron chi connectivity index (χ2n) is 20.1. The summed E-state index contributed by atoms with van der Waals surface area (Å²) in [6.07, 6.45) is 43.9. The van der Waals surface area contributed by atoms with Gasteiger partial charge >= 0.3 is 13.8 Å². The van der Waals surface area contributed by atoms with Crippen LogP contribution < -0.4 is 0 Å². The third-order valence-electron chi connectivity index (χ3n) is 13.6. The zero-order chi connectivity index (χ0) is 50.5. The fraction of sp³-hybridized carbons (Fsp3) is 0.911. The lowest BCUT2D eigenvalue weighted by Crippen LogP contribution is -2.64. The quantitative estimate of drug-likeness (QED) is 0.0146. The molecule has 12 nitrogen and oxygen atoms in total. The summed E-state index contributed by atoms with van der Waals surface area (Å²) in [5.74, 6) is -0.472. The van der Waals surface area contributed by atoms with Crippen molar-refractivity contribution in [3.05, 3.63) is 24.3 Å². The van der Waals surface area contributed by atoms with Crippen molar-refractivity contribution in [2.45, 2.75) is 307 Å². The molecule has 1 rings (SSSR count). The minimum atomic E-state index is -5.02. The molecule has 408 valence electrons. The van der Waals surface area contributed by atoms with Crippen LogP contribution in [-0.2, 0) is 27.9 Å². The molecule has 0 saturated heterocycles. The molecule has 0 aliphatic heterocycles. The van der Waals surface area contributed by atoms with Crippen molar-refractivity contribution in [1.82, 2.24) is 0 Å². The van der Waals surface area contributed by atoms with Gasteiger partial charge < -0.3 is 39.9 Å². The maximum absolute atomic E-state index is 12.9. The highest BCUT2D eigenvalue weighted by Crippen LogP contribution is 2.47. The van der Waals surface area contributed by atoms with E-state index in [2.05, 4.69) is 38.2 Å². The van der Waals surface area contributed by atoms with Crippen LogP contribution in [0.1, 0.15) is 264 Å². The van der Waals surface area contributed by atoms with E-state index in [4.69, 9.17) is 18.5 Å². The van der Waals surface area contributed by atoms with Gasteiger partial charge in [0.2, 0.25) is 0 Å². The number of rotatable bonds is 50. The van der Waals surface area contributed by atoms with Crippen molar-refractivity contribution in [2.75, 3.05) is 19.8 Å². The average molecular weight is 1000 g/mol. The van der Waals surface area contributed by atoms with E-state index in [1.807, 2.05) is 0 Å². The molecule has 0 radical (unpaired) electrons. The third-order valence-corrected chi connectivity index (χ3v) is 14.6. The van der Waals surface area contributed by atoms with Crippen LogP contribution in [0.5, 0.6) is 0 Å². The number of aliphatic hydroxyl groups is 5. The first kappa shape index (κ1) is 65.8. The average Bonchev–Trinajstić information content (AvgIpc) is 3.34. The van der Waals surface area contributed by atoms with E-state index in [0.29, 0.717) is 13.0 Å². The monoisotopic (exact) mass is 1000 g/mol. The van der Waals surface area contributed by atoms with Crippen molar-refractivity contribution in [2.24, 2.45) is 0 Å². The highest BCUT2D eigenvalue weighted by atomic mass is 31.2. The summed E-state index contributed by atoms with van der Waals surface area (Å²) in [6.45, 7) is 4.29. The molecule has 0 amide bonds.